The number of benzene rings is 2. The summed E-state index contributed by atoms with van der Waals surface area (Å²) >= 11 is 6.18. The minimum absolute atomic E-state index is 0.204. The van der Waals surface area contributed by atoms with Crippen molar-refractivity contribution in [3.05, 3.63) is 82.9 Å². The summed E-state index contributed by atoms with van der Waals surface area (Å²) in [6.45, 7) is 2.31. The van der Waals surface area contributed by atoms with Crippen molar-refractivity contribution in [1.82, 2.24) is 20.6 Å². The first-order chi connectivity index (χ1) is 14.9. The van der Waals surface area contributed by atoms with E-state index in [1.165, 1.54) is 18.7 Å². The lowest BCUT2D eigenvalue weighted by atomic mass is 10.2. The Morgan fingerprint density at radius 1 is 1.10 bits per heavy atom. The Labute approximate surface area is 184 Å². The van der Waals surface area contributed by atoms with Gasteiger partial charge >= 0.3 is 0 Å². The largest absolute Gasteiger partial charge is 0.456 e. The van der Waals surface area contributed by atoms with Crippen LogP contribution in [0.4, 0.5) is 0 Å². The van der Waals surface area contributed by atoms with Crippen molar-refractivity contribution in [2.45, 2.75) is 31.8 Å². The first kappa shape index (κ1) is 20.8. The van der Waals surface area contributed by atoms with Gasteiger partial charge in [0.25, 0.3) is 5.91 Å². The second-order valence-corrected chi connectivity index (χ2v) is 7.93. The molecule has 1 aliphatic rings. The summed E-state index contributed by atoms with van der Waals surface area (Å²) in [6.07, 6.45) is 5.39. The second-order valence-electron chi connectivity index (χ2n) is 7.53. The predicted molar refractivity (Wildman–Crippen MR) is 116 cm³/mol. The number of halogens is 1. The molecule has 1 heterocycles. The average molecular weight is 437 g/mol. The van der Waals surface area contributed by atoms with Crippen LogP contribution in [0.15, 0.2) is 61.2 Å². The summed E-state index contributed by atoms with van der Waals surface area (Å²) in [5, 5.41) is 6.24. The number of hydrogen-bond donors (Lipinski definition) is 2. The predicted octanol–water partition coefficient (Wildman–Crippen LogP) is 3.81. The van der Waals surface area contributed by atoms with Crippen molar-refractivity contribution in [3.63, 3.8) is 0 Å². The van der Waals surface area contributed by atoms with E-state index in [4.69, 9.17) is 16.3 Å². The van der Waals surface area contributed by atoms with Crippen LogP contribution in [-0.2, 0) is 11.3 Å². The Morgan fingerprint density at radius 2 is 1.81 bits per heavy atom. The number of aryl methyl sites for hydroxylation is 1. The van der Waals surface area contributed by atoms with E-state index in [-0.39, 0.29) is 11.8 Å². The van der Waals surface area contributed by atoms with Crippen LogP contribution < -0.4 is 15.4 Å². The maximum Gasteiger partial charge on any atom is 0.255 e. The number of nitrogens with zero attached hydrogens (tertiary/aromatic N) is 2. The monoisotopic (exact) mass is 436 g/mol. The number of ether oxygens (including phenoxy) is 1. The molecule has 0 bridgehead atoms. The Balaban J connectivity index is 1.32. The molecule has 1 aromatic heterocycles. The molecule has 1 fully saturated rings. The average Bonchev–Trinajstić information content (AvgIpc) is 3.57. The van der Waals surface area contributed by atoms with Gasteiger partial charge in [0.1, 0.15) is 23.4 Å². The molecule has 7 nitrogen and oxygen atoms in total. The van der Waals surface area contributed by atoms with E-state index in [1.54, 1.807) is 6.07 Å². The zero-order valence-electron chi connectivity index (χ0n) is 16.9. The summed E-state index contributed by atoms with van der Waals surface area (Å²) < 4.78 is 5.84. The van der Waals surface area contributed by atoms with Crippen LogP contribution in [0.3, 0.4) is 0 Å². The van der Waals surface area contributed by atoms with E-state index >= 15 is 0 Å². The zero-order valence-corrected chi connectivity index (χ0v) is 17.6. The van der Waals surface area contributed by atoms with Crippen LogP contribution in [0.1, 0.15) is 34.3 Å². The number of hydrogen-bond acceptors (Lipinski definition) is 5. The van der Waals surface area contributed by atoms with E-state index in [2.05, 4.69) is 20.6 Å². The first-order valence-corrected chi connectivity index (χ1v) is 10.2. The van der Waals surface area contributed by atoms with E-state index in [0.717, 1.165) is 11.1 Å². The van der Waals surface area contributed by atoms with Crippen LogP contribution in [0.5, 0.6) is 11.5 Å². The van der Waals surface area contributed by atoms with Gasteiger partial charge in [0.15, 0.2) is 0 Å². The number of carbonyl (C=O) groups excluding carboxylic acids is 2. The van der Waals surface area contributed by atoms with Crippen molar-refractivity contribution in [2.75, 3.05) is 0 Å². The van der Waals surface area contributed by atoms with Crippen LogP contribution in [0.25, 0.3) is 0 Å². The van der Waals surface area contributed by atoms with Crippen molar-refractivity contribution >= 4 is 23.4 Å². The van der Waals surface area contributed by atoms with Gasteiger partial charge in [-0.25, -0.2) is 9.97 Å². The van der Waals surface area contributed by atoms with Gasteiger partial charge in [-0.15, -0.1) is 0 Å². The fourth-order valence-corrected chi connectivity index (χ4v) is 3.24. The number of nitrogens with one attached hydrogen (secondary N) is 2. The number of rotatable bonds is 7. The number of carbonyl (C=O) groups is 2. The molecule has 0 saturated heterocycles. The summed E-state index contributed by atoms with van der Waals surface area (Å²) in [5.74, 6) is 0.686. The Kier molecular flexibility index (Phi) is 5.86. The fourth-order valence-electron chi connectivity index (χ4n) is 3.08. The fraction of sp³-hybridized carbons (Fsp3) is 0.217. The third-order valence-corrected chi connectivity index (χ3v) is 5.36. The summed E-state index contributed by atoms with van der Waals surface area (Å²) in [6, 6.07) is 13.0. The van der Waals surface area contributed by atoms with Gasteiger partial charge in [-0.1, -0.05) is 29.8 Å². The van der Waals surface area contributed by atoms with E-state index in [9.17, 15) is 9.59 Å². The number of amides is 2. The van der Waals surface area contributed by atoms with Gasteiger partial charge in [-0.2, -0.15) is 0 Å². The third kappa shape index (κ3) is 5.00. The Bertz CT molecular complexity index is 1100. The quantitative estimate of drug-likeness (QED) is 0.587. The Morgan fingerprint density at radius 3 is 2.48 bits per heavy atom. The van der Waals surface area contributed by atoms with Crippen molar-refractivity contribution < 1.29 is 14.3 Å². The maximum atomic E-state index is 12.6. The minimum Gasteiger partial charge on any atom is -0.456 e. The molecule has 31 heavy (non-hydrogen) atoms. The molecule has 3 aromatic rings. The van der Waals surface area contributed by atoms with Gasteiger partial charge in [0.2, 0.25) is 5.91 Å². The van der Waals surface area contributed by atoms with Crippen LogP contribution >= 0.6 is 11.6 Å². The van der Waals surface area contributed by atoms with Crippen molar-refractivity contribution in [1.29, 1.82) is 0 Å². The molecular formula is C23H21ClN4O3. The molecule has 0 unspecified atom stereocenters. The van der Waals surface area contributed by atoms with Crippen LogP contribution in [0.2, 0.25) is 5.02 Å². The molecule has 0 atom stereocenters. The highest BCUT2D eigenvalue weighted by molar-refractivity contribution is 6.32. The van der Waals surface area contributed by atoms with E-state index in [0.29, 0.717) is 41.5 Å². The summed E-state index contributed by atoms with van der Waals surface area (Å²) in [7, 11) is 0. The highest BCUT2D eigenvalue weighted by atomic mass is 35.5. The highest BCUT2D eigenvalue weighted by Gasteiger charge is 2.51. The molecule has 2 aromatic carbocycles. The van der Waals surface area contributed by atoms with E-state index < -0.39 is 5.54 Å². The van der Waals surface area contributed by atoms with Gasteiger partial charge in [-0.05, 0) is 55.2 Å². The Hall–Kier alpha value is -3.45. The van der Waals surface area contributed by atoms with Gasteiger partial charge in [0, 0.05) is 18.9 Å². The first-order valence-electron chi connectivity index (χ1n) is 9.84. The highest BCUT2D eigenvalue weighted by Crippen LogP contribution is 2.36. The number of aromatic nitrogens is 2. The topological polar surface area (TPSA) is 93.2 Å². The molecule has 0 aliphatic heterocycles. The molecule has 158 valence electrons. The molecule has 0 radical (unpaired) electrons. The van der Waals surface area contributed by atoms with Gasteiger partial charge in [-0.3, -0.25) is 9.59 Å². The third-order valence-electron chi connectivity index (χ3n) is 5.05. The zero-order chi connectivity index (χ0) is 21.8. The summed E-state index contributed by atoms with van der Waals surface area (Å²) in [4.78, 5) is 32.6. The van der Waals surface area contributed by atoms with Crippen LogP contribution in [-0.4, -0.2) is 27.3 Å². The van der Waals surface area contributed by atoms with Crippen LogP contribution in [0, 0.1) is 6.92 Å². The van der Waals surface area contributed by atoms with Gasteiger partial charge in [0.05, 0.1) is 10.6 Å². The molecule has 1 aliphatic carbocycles. The standard InChI is InChI=1S/C23H21ClN4O3/c1-15-2-7-19(24)20(10-15)31-18-5-3-16(4-6-18)11-27-22(30)23(8-9-23)28-21(29)17-12-25-14-26-13-17/h2-7,10,12-14H,8-9,11H2,1H3,(H,27,30)(H,28,29). The molecule has 0 spiro atoms. The molecule has 2 amide bonds. The lowest BCUT2D eigenvalue weighted by Crippen LogP contribution is -2.48. The molecule has 1 saturated carbocycles. The van der Waals surface area contributed by atoms with Gasteiger partial charge < -0.3 is 15.4 Å². The minimum atomic E-state index is -0.863. The maximum absolute atomic E-state index is 12.6. The molecule has 8 heteroatoms. The lowest BCUT2D eigenvalue weighted by molar-refractivity contribution is -0.124. The smallest absolute Gasteiger partial charge is 0.255 e. The van der Waals surface area contributed by atoms with E-state index in [1.807, 2.05) is 43.3 Å². The SMILES string of the molecule is Cc1ccc(Cl)c(Oc2ccc(CNC(=O)C3(NC(=O)c4cncnc4)CC3)cc2)c1. The molecular weight excluding hydrogens is 416 g/mol. The lowest BCUT2D eigenvalue weighted by Gasteiger charge is -2.17. The van der Waals surface area contributed by atoms with Crippen molar-refractivity contribution in [2.24, 2.45) is 0 Å². The summed E-state index contributed by atoms with van der Waals surface area (Å²) in [5.41, 5.74) is 1.43. The van der Waals surface area contributed by atoms with Crippen molar-refractivity contribution in [3.8, 4) is 11.5 Å². The molecule has 2 N–H and O–H groups in total. The molecule has 4 rings (SSSR count). The normalized spacial score (nSPS) is 13.9. The second kappa shape index (κ2) is 8.73.